The van der Waals surface area contributed by atoms with Gasteiger partial charge in [-0.15, -0.1) is 0 Å². The van der Waals surface area contributed by atoms with Crippen molar-refractivity contribution in [1.82, 2.24) is 0 Å². The first-order valence-electron chi connectivity index (χ1n) is 6.58. The minimum absolute atomic E-state index is 0.0107. The highest BCUT2D eigenvalue weighted by molar-refractivity contribution is 9.10. The lowest BCUT2D eigenvalue weighted by molar-refractivity contribution is 0.317. The van der Waals surface area contributed by atoms with E-state index in [1.54, 1.807) is 43.3 Å². The number of hydrogen-bond donors (Lipinski definition) is 1. The third-order valence-electron chi connectivity index (χ3n) is 2.95. The van der Waals surface area contributed by atoms with Crippen LogP contribution < -0.4 is 4.74 Å². The van der Waals surface area contributed by atoms with Gasteiger partial charge in [-0.1, -0.05) is 18.2 Å². The monoisotopic (exact) mass is 361 g/mol. The van der Waals surface area contributed by atoms with Crippen LogP contribution in [-0.2, 0) is 0 Å². The molecule has 0 fully saturated rings. The van der Waals surface area contributed by atoms with Crippen molar-refractivity contribution in [2.75, 3.05) is 6.61 Å². The molecule has 2 rings (SSSR count). The summed E-state index contributed by atoms with van der Waals surface area (Å²) in [4.78, 5) is 0. The van der Waals surface area contributed by atoms with Crippen LogP contribution in [0.5, 0.6) is 11.5 Å². The quantitative estimate of drug-likeness (QED) is 0.631. The van der Waals surface area contributed by atoms with Crippen molar-refractivity contribution < 1.29 is 14.2 Å². The van der Waals surface area contributed by atoms with Crippen molar-refractivity contribution in [3.05, 3.63) is 57.8 Å². The number of hydrogen-bond acceptors (Lipinski definition) is 3. The van der Waals surface area contributed by atoms with E-state index in [4.69, 9.17) is 4.74 Å². The Morgan fingerprint density at radius 1 is 1.41 bits per heavy atom. The fraction of sp³-hybridized carbons (Fsp3) is 0.118. The zero-order chi connectivity index (χ0) is 16.1. The number of nitriles is 1. The number of nitrogens with zero attached hydrogens (tertiary/aromatic N) is 1. The molecular weight excluding hydrogens is 349 g/mol. The first kappa shape index (κ1) is 16.1. The van der Waals surface area contributed by atoms with E-state index in [0.717, 1.165) is 0 Å². The lowest BCUT2D eigenvalue weighted by Crippen LogP contribution is -1.93. The van der Waals surface area contributed by atoms with Crippen LogP contribution in [0.3, 0.4) is 0 Å². The zero-order valence-electron chi connectivity index (χ0n) is 11.8. The van der Waals surface area contributed by atoms with Crippen molar-refractivity contribution in [2.45, 2.75) is 6.92 Å². The molecule has 3 nitrogen and oxygen atoms in total. The molecule has 0 aromatic heterocycles. The van der Waals surface area contributed by atoms with Crippen LogP contribution in [-0.4, -0.2) is 11.7 Å². The van der Waals surface area contributed by atoms with Gasteiger partial charge >= 0.3 is 0 Å². The molecule has 5 heteroatoms. The number of phenols is 1. The Hall–Kier alpha value is -2.32. The van der Waals surface area contributed by atoms with Crippen molar-refractivity contribution in [3.63, 3.8) is 0 Å². The van der Waals surface area contributed by atoms with Gasteiger partial charge in [0, 0.05) is 5.56 Å². The van der Waals surface area contributed by atoms with E-state index in [1.807, 2.05) is 6.07 Å². The Labute approximate surface area is 136 Å². The van der Waals surface area contributed by atoms with Crippen LogP contribution in [0.4, 0.5) is 4.39 Å². The van der Waals surface area contributed by atoms with Gasteiger partial charge in [0.1, 0.15) is 5.82 Å². The normalized spacial score (nSPS) is 11.1. The molecule has 0 aliphatic carbocycles. The standard InChI is InChI=1S/C17H13BrFNO2/c1-2-22-16-9-11(8-14(18)17(16)21)7-12(10-20)13-5-3-4-6-15(13)19/h3-9,21H,2H2,1H3. The van der Waals surface area contributed by atoms with Gasteiger partial charge in [-0.2, -0.15) is 5.26 Å². The van der Waals surface area contributed by atoms with Crippen LogP contribution in [0.2, 0.25) is 0 Å². The SMILES string of the molecule is CCOc1cc(C=C(C#N)c2ccccc2F)cc(Br)c1O. The van der Waals surface area contributed by atoms with Gasteiger partial charge in [-0.3, -0.25) is 0 Å². The second-order valence-corrected chi connectivity index (χ2v) is 5.29. The summed E-state index contributed by atoms with van der Waals surface area (Å²) in [6.45, 7) is 2.20. The lowest BCUT2D eigenvalue weighted by atomic mass is 10.0. The molecule has 0 aliphatic rings. The van der Waals surface area contributed by atoms with E-state index >= 15 is 0 Å². The van der Waals surface area contributed by atoms with Gasteiger partial charge in [0.25, 0.3) is 0 Å². The van der Waals surface area contributed by atoms with Crippen molar-refractivity contribution in [1.29, 1.82) is 5.26 Å². The number of allylic oxidation sites excluding steroid dienone is 1. The van der Waals surface area contributed by atoms with E-state index in [0.29, 0.717) is 22.4 Å². The van der Waals surface area contributed by atoms with Gasteiger partial charge in [0.05, 0.1) is 22.7 Å². The molecule has 2 aromatic rings. The molecule has 2 aromatic carbocycles. The Balaban J connectivity index is 2.51. The molecule has 0 saturated carbocycles. The molecule has 0 saturated heterocycles. The second-order valence-electron chi connectivity index (χ2n) is 4.43. The summed E-state index contributed by atoms with van der Waals surface area (Å²) in [5, 5.41) is 19.2. The highest BCUT2D eigenvalue weighted by atomic mass is 79.9. The minimum Gasteiger partial charge on any atom is -0.503 e. The van der Waals surface area contributed by atoms with Crippen LogP contribution in [0.25, 0.3) is 11.6 Å². The molecule has 0 bridgehead atoms. The predicted molar refractivity (Wildman–Crippen MR) is 86.9 cm³/mol. The summed E-state index contributed by atoms with van der Waals surface area (Å²) in [7, 11) is 0. The first-order chi connectivity index (χ1) is 10.6. The molecule has 1 N–H and O–H groups in total. The average molecular weight is 362 g/mol. The second kappa shape index (κ2) is 7.10. The molecule has 0 spiro atoms. The number of aromatic hydroxyl groups is 1. The van der Waals surface area contributed by atoms with Crippen LogP contribution >= 0.6 is 15.9 Å². The molecule has 0 amide bonds. The fourth-order valence-electron chi connectivity index (χ4n) is 1.96. The maximum atomic E-state index is 13.8. The zero-order valence-corrected chi connectivity index (χ0v) is 13.4. The van der Waals surface area contributed by atoms with Crippen LogP contribution in [0.1, 0.15) is 18.1 Å². The number of rotatable bonds is 4. The summed E-state index contributed by atoms with van der Waals surface area (Å²) < 4.78 is 19.6. The number of ether oxygens (including phenoxy) is 1. The number of phenolic OH excluding ortho intramolecular Hbond substituents is 1. The number of halogens is 2. The molecule has 0 unspecified atom stereocenters. The highest BCUT2D eigenvalue weighted by Gasteiger charge is 2.11. The van der Waals surface area contributed by atoms with E-state index in [1.165, 1.54) is 6.07 Å². The summed E-state index contributed by atoms with van der Waals surface area (Å²) in [5.74, 6) is -0.171. The molecule has 0 aliphatic heterocycles. The molecule has 0 radical (unpaired) electrons. The minimum atomic E-state index is -0.460. The van der Waals surface area contributed by atoms with Gasteiger partial charge in [0.2, 0.25) is 0 Å². The Bertz CT molecular complexity index is 766. The summed E-state index contributed by atoms with van der Waals surface area (Å²) in [6, 6.07) is 11.3. The Morgan fingerprint density at radius 3 is 2.77 bits per heavy atom. The molecule has 0 heterocycles. The fourth-order valence-corrected chi connectivity index (χ4v) is 2.42. The average Bonchev–Trinajstić information content (AvgIpc) is 2.51. The number of benzene rings is 2. The summed E-state index contributed by atoms with van der Waals surface area (Å²) >= 11 is 3.23. The lowest BCUT2D eigenvalue weighted by Gasteiger charge is -2.09. The van der Waals surface area contributed by atoms with E-state index in [9.17, 15) is 14.8 Å². The maximum absolute atomic E-state index is 13.8. The van der Waals surface area contributed by atoms with Crippen molar-refractivity contribution >= 4 is 27.6 Å². The van der Waals surface area contributed by atoms with Gasteiger partial charge in [0.15, 0.2) is 11.5 Å². The topological polar surface area (TPSA) is 53.2 Å². The van der Waals surface area contributed by atoms with Crippen LogP contribution in [0.15, 0.2) is 40.9 Å². The molecular formula is C17H13BrFNO2. The van der Waals surface area contributed by atoms with E-state index in [2.05, 4.69) is 15.9 Å². The first-order valence-corrected chi connectivity index (χ1v) is 7.38. The molecule has 112 valence electrons. The Kier molecular flexibility index (Phi) is 5.18. The molecule has 22 heavy (non-hydrogen) atoms. The van der Waals surface area contributed by atoms with E-state index in [-0.39, 0.29) is 16.9 Å². The van der Waals surface area contributed by atoms with Crippen molar-refractivity contribution in [3.8, 4) is 17.6 Å². The third kappa shape index (κ3) is 3.46. The van der Waals surface area contributed by atoms with Crippen LogP contribution in [0, 0.1) is 17.1 Å². The highest BCUT2D eigenvalue weighted by Crippen LogP contribution is 2.36. The molecule has 0 atom stereocenters. The van der Waals surface area contributed by atoms with Gasteiger partial charge < -0.3 is 9.84 Å². The summed E-state index contributed by atoms with van der Waals surface area (Å²) in [5.41, 5.74) is 1.04. The largest absolute Gasteiger partial charge is 0.503 e. The van der Waals surface area contributed by atoms with Gasteiger partial charge in [-0.25, -0.2) is 4.39 Å². The summed E-state index contributed by atoms with van der Waals surface area (Å²) in [6.07, 6.45) is 1.55. The third-order valence-corrected chi connectivity index (χ3v) is 3.55. The van der Waals surface area contributed by atoms with Crippen molar-refractivity contribution in [2.24, 2.45) is 0 Å². The van der Waals surface area contributed by atoms with Gasteiger partial charge in [-0.05, 0) is 52.7 Å². The van der Waals surface area contributed by atoms with E-state index < -0.39 is 5.82 Å². The smallest absolute Gasteiger partial charge is 0.172 e. The predicted octanol–water partition coefficient (Wildman–Crippen LogP) is 4.76. The maximum Gasteiger partial charge on any atom is 0.172 e. The Morgan fingerprint density at radius 2 is 2.14 bits per heavy atom.